The van der Waals surface area contributed by atoms with Gasteiger partial charge in [0, 0.05) is 24.5 Å². The molecule has 0 spiro atoms. The molecular weight excluding hydrogens is 448 g/mol. The number of aromatic nitrogens is 5. The van der Waals surface area contributed by atoms with Crippen molar-refractivity contribution in [2.75, 3.05) is 10.6 Å². The number of nitriles is 1. The molecule has 3 fully saturated rings. The monoisotopic (exact) mass is 472 g/mol. The Morgan fingerprint density at radius 3 is 2.63 bits per heavy atom. The predicted octanol–water partition coefficient (Wildman–Crippen LogP) is 3.52. The Hall–Kier alpha value is -4.33. The van der Waals surface area contributed by atoms with Gasteiger partial charge in [-0.05, 0) is 51.3 Å². The number of anilines is 2. The van der Waals surface area contributed by atoms with Crippen LogP contribution in [0.15, 0.2) is 36.7 Å². The number of nitrogens with one attached hydrogen (secondary N) is 2. The van der Waals surface area contributed by atoms with Crippen LogP contribution in [0, 0.1) is 29.1 Å². The quantitative estimate of drug-likeness (QED) is 0.554. The highest BCUT2D eigenvalue weighted by atomic mass is 16.6. The van der Waals surface area contributed by atoms with Crippen molar-refractivity contribution in [3.05, 3.63) is 47.9 Å². The second kappa shape index (κ2) is 8.16. The number of hydrogen-bond donors (Lipinski definition) is 2. The summed E-state index contributed by atoms with van der Waals surface area (Å²) in [5, 5.41) is 22.8. The van der Waals surface area contributed by atoms with E-state index < -0.39 is 17.6 Å². The smallest absolute Gasteiger partial charge is 0.413 e. The molecule has 3 aliphatic carbocycles. The maximum atomic E-state index is 12.6. The number of aryl methyl sites for hydroxylation is 2. The third kappa shape index (κ3) is 3.86. The van der Waals surface area contributed by atoms with Gasteiger partial charge < -0.3 is 10.1 Å². The van der Waals surface area contributed by atoms with Gasteiger partial charge in [-0.15, -0.1) is 5.10 Å². The lowest BCUT2D eigenvalue weighted by Crippen LogP contribution is -2.65. The van der Waals surface area contributed by atoms with Crippen LogP contribution in [0.25, 0.3) is 11.4 Å². The summed E-state index contributed by atoms with van der Waals surface area (Å²) in [6.07, 6.45) is 3.92. The summed E-state index contributed by atoms with van der Waals surface area (Å²) in [6.45, 7) is 3.62. The molecule has 178 valence electrons. The van der Waals surface area contributed by atoms with Crippen molar-refractivity contribution in [2.45, 2.75) is 39.2 Å². The van der Waals surface area contributed by atoms with Crippen LogP contribution in [0.4, 0.5) is 16.3 Å². The number of hydrogen-bond acceptors (Lipinski definition) is 8. The third-order valence-electron chi connectivity index (χ3n) is 6.83. The molecule has 3 aliphatic rings. The number of nitrogens with zero attached hydrogens (tertiary/aromatic N) is 6. The van der Waals surface area contributed by atoms with E-state index in [1.165, 1.54) is 10.9 Å². The molecule has 3 aromatic rings. The van der Waals surface area contributed by atoms with Crippen LogP contribution < -0.4 is 10.6 Å². The maximum absolute atomic E-state index is 12.6. The van der Waals surface area contributed by atoms with Crippen LogP contribution >= 0.6 is 0 Å². The normalized spacial score (nSPS) is 22.7. The van der Waals surface area contributed by atoms with Crippen molar-refractivity contribution in [1.82, 2.24) is 25.0 Å². The molecule has 3 saturated carbocycles. The summed E-state index contributed by atoms with van der Waals surface area (Å²) >= 11 is 0. The van der Waals surface area contributed by atoms with E-state index in [9.17, 15) is 9.59 Å². The summed E-state index contributed by atoms with van der Waals surface area (Å²) in [5.74, 6) is 0.247. The Balaban J connectivity index is 1.24. The number of pyridine rings is 2. The van der Waals surface area contributed by atoms with Gasteiger partial charge in [0.2, 0.25) is 5.91 Å². The molecular formula is C24H24N8O3. The zero-order valence-corrected chi connectivity index (χ0v) is 19.6. The Bertz CT molecular complexity index is 1340. The van der Waals surface area contributed by atoms with E-state index in [1.807, 2.05) is 13.0 Å². The van der Waals surface area contributed by atoms with Crippen LogP contribution in [0.1, 0.15) is 43.5 Å². The molecule has 0 aliphatic heterocycles. The van der Waals surface area contributed by atoms with Gasteiger partial charge in [0.25, 0.3) is 0 Å². The molecule has 35 heavy (non-hydrogen) atoms. The van der Waals surface area contributed by atoms with Crippen LogP contribution in [-0.2, 0) is 16.6 Å². The van der Waals surface area contributed by atoms with Crippen molar-refractivity contribution in [2.24, 2.45) is 17.9 Å². The Morgan fingerprint density at radius 2 is 1.97 bits per heavy atom. The minimum atomic E-state index is -0.662. The van der Waals surface area contributed by atoms with Crippen LogP contribution in [0.3, 0.4) is 0 Å². The molecule has 3 aromatic heterocycles. The van der Waals surface area contributed by atoms with Crippen LogP contribution in [0.5, 0.6) is 0 Å². The highest BCUT2D eigenvalue weighted by Gasteiger charge is 2.72. The van der Waals surface area contributed by atoms with Gasteiger partial charge in [0.1, 0.15) is 6.10 Å². The first-order valence-electron chi connectivity index (χ1n) is 11.2. The Kier molecular flexibility index (Phi) is 5.24. The van der Waals surface area contributed by atoms with Gasteiger partial charge >= 0.3 is 6.09 Å². The first-order valence-corrected chi connectivity index (χ1v) is 11.2. The molecule has 1 atom stereocenters. The zero-order chi connectivity index (χ0) is 24.8. The second-order valence-corrected chi connectivity index (χ2v) is 9.35. The van der Waals surface area contributed by atoms with Gasteiger partial charge in [-0.3, -0.25) is 20.1 Å². The fourth-order valence-electron chi connectivity index (χ4n) is 4.97. The summed E-state index contributed by atoms with van der Waals surface area (Å²) in [5.41, 5.74) is 2.28. The van der Waals surface area contributed by atoms with Gasteiger partial charge in [-0.2, -0.15) is 5.26 Å². The minimum Gasteiger partial charge on any atom is -0.441 e. The first kappa shape index (κ1) is 22.5. The number of carbonyl (C=O) groups excluding carboxylic acids is 2. The van der Waals surface area contributed by atoms with Crippen molar-refractivity contribution in [1.29, 1.82) is 5.26 Å². The van der Waals surface area contributed by atoms with Crippen LogP contribution in [0.2, 0.25) is 0 Å². The molecule has 0 saturated heterocycles. The second-order valence-electron chi connectivity index (χ2n) is 9.35. The average molecular weight is 473 g/mol. The topological polar surface area (TPSA) is 148 Å². The Morgan fingerprint density at radius 1 is 1.20 bits per heavy atom. The lowest BCUT2D eigenvalue weighted by atomic mass is 9.35. The van der Waals surface area contributed by atoms with E-state index >= 15 is 0 Å². The molecule has 2 amide bonds. The lowest BCUT2D eigenvalue weighted by molar-refractivity contribution is -0.179. The number of rotatable bonds is 6. The highest BCUT2D eigenvalue weighted by Crippen LogP contribution is 2.73. The lowest BCUT2D eigenvalue weighted by Gasteiger charge is -2.65. The molecule has 3 heterocycles. The molecule has 2 bridgehead atoms. The van der Waals surface area contributed by atoms with Gasteiger partial charge in [-0.25, -0.2) is 9.48 Å². The molecule has 2 N–H and O–H groups in total. The SMILES string of the molecule is Cc1ncccc1[C@@H](C)OC(=O)Nc1c(-c2ccc(NC(=O)C34CC(C#N)(C3)C4)cn2)nnn1C. The first-order chi connectivity index (χ1) is 16.7. The minimum absolute atomic E-state index is 0.0771. The van der Waals surface area contributed by atoms with Crippen molar-refractivity contribution in [3.8, 4) is 17.5 Å². The average Bonchev–Trinajstić information content (AvgIpc) is 3.13. The molecule has 0 radical (unpaired) electrons. The van der Waals surface area contributed by atoms with Crippen LogP contribution in [-0.4, -0.2) is 37.0 Å². The maximum Gasteiger partial charge on any atom is 0.413 e. The summed E-state index contributed by atoms with van der Waals surface area (Å²) < 4.78 is 6.94. The number of ether oxygens (including phenoxy) is 1. The summed E-state index contributed by atoms with van der Waals surface area (Å²) in [4.78, 5) is 33.8. The number of carbonyl (C=O) groups is 2. The van der Waals surface area contributed by atoms with Crippen molar-refractivity contribution < 1.29 is 14.3 Å². The van der Waals surface area contributed by atoms with E-state index in [2.05, 4.69) is 37.0 Å². The third-order valence-corrected chi connectivity index (χ3v) is 6.83. The Labute approximate surface area is 201 Å². The van der Waals surface area contributed by atoms with Gasteiger partial charge in [0.05, 0.1) is 34.5 Å². The van der Waals surface area contributed by atoms with E-state index in [4.69, 9.17) is 10.00 Å². The standard InChI is InChI=1S/C24H24N8O3/c1-14-17(5-4-8-26-14)15(2)35-22(34)29-20-19(30-31-32(20)3)18-7-6-16(9-27-18)28-21(33)24-10-23(11-24,12-24)13-25/h4-9,15H,10-12H2,1-3H3,(H,28,33)(H,29,34)/t15-,23?,24?/m1/s1. The van der Waals surface area contributed by atoms with E-state index in [-0.39, 0.29) is 11.3 Å². The molecule has 6 rings (SSSR count). The summed E-state index contributed by atoms with van der Waals surface area (Å²) in [6, 6.07) is 9.36. The molecule has 11 nitrogen and oxygen atoms in total. The van der Waals surface area contributed by atoms with Gasteiger partial charge in [0.15, 0.2) is 11.5 Å². The van der Waals surface area contributed by atoms with E-state index in [0.717, 1.165) is 11.3 Å². The van der Waals surface area contributed by atoms with E-state index in [1.54, 1.807) is 38.4 Å². The highest BCUT2D eigenvalue weighted by molar-refractivity contribution is 5.98. The summed E-state index contributed by atoms with van der Waals surface area (Å²) in [7, 11) is 1.65. The zero-order valence-electron chi connectivity index (χ0n) is 19.6. The van der Waals surface area contributed by atoms with Gasteiger partial charge in [-0.1, -0.05) is 11.3 Å². The van der Waals surface area contributed by atoms with Crippen molar-refractivity contribution in [3.63, 3.8) is 0 Å². The van der Waals surface area contributed by atoms with E-state index in [0.29, 0.717) is 42.2 Å². The fourth-order valence-corrected chi connectivity index (χ4v) is 4.97. The van der Waals surface area contributed by atoms with Crippen molar-refractivity contribution >= 4 is 23.5 Å². The largest absolute Gasteiger partial charge is 0.441 e. The molecule has 0 aromatic carbocycles. The fraction of sp³-hybridized carbons (Fsp3) is 0.375. The molecule has 0 unspecified atom stereocenters. The molecule has 11 heteroatoms. The predicted molar refractivity (Wildman–Crippen MR) is 125 cm³/mol. The number of amides is 2.